The van der Waals surface area contributed by atoms with Crippen molar-refractivity contribution in [2.45, 2.75) is 72.5 Å². The van der Waals surface area contributed by atoms with Gasteiger partial charge in [0.2, 0.25) is 0 Å². The van der Waals surface area contributed by atoms with Crippen molar-refractivity contribution >= 4 is 56.9 Å². The van der Waals surface area contributed by atoms with Crippen LogP contribution in [0, 0.1) is 0 Å². The Balaban J connectivity index is 0.000000164. The average molecular weight is 870 g/mol. The normalized spacial score (nSPS) is 18.4. The van der Waals surface area contributed by atoms with Gasteiger partial charge in [-0.2, -0.15) is 19.6 Å². The third-order valence-corrected chi connectivity index (χ3v) is 11.2. The summed E-state index contributed by atoms with van der Waals surface area (Å²) in [5.74, 6) is 2.53. The number of hydrogen-bond donors (Lipinski definition) is 4. The van der Waals surface area contributed by atoms with E-state index in [1.165, 1.54) is 31.3 Å². The molecule has 17 heteroatoms. The van der Waals surface area contributed by atoms with Gasteiger partial charge >= 0.3 is 0 Å². The maximum atomic E-state index is 11.8. The van der Waals surface area contributed by atoms with E-state index in [2.05, 4.69) is 68.1 Å². The molecule has 0 aromatic carbocycles. The first-order chi connectivity index (χ1) is 27.8. The highest BCUT2D eigenvalue weighted by atomic mass is 79.9. The standard InChI is InChI=1S/C20H22N6OS.C14H17N5O.C6H6BrNS/c1-28-17-7-9-19(22-13-17)25-15-5-4-14(11-15)24-18-8-6-16(12-21-18)26-20(27)3-2-10-23-26;15-10-3-4-11(8-10)18-13-6-5-12(9-16-13)19-14(20)2-1-7-17-19;1-9-5-2-3-6(7)8-4-5/h2-3,6-10,12-15H,4-5,11H2,1H3,(H,21,24)(H,22,25);1-2,5-7,9-11H,3-4,8,15H2,(H,16,18);2-4H,1H3/t14-,15-;10-,11-;/m00./s1. The van der Waals surface area contributed by atoms with Crippen LogP contribution in [0.1, 0.15) is 38.5 Å². The Morgan fingerprint density at radius 3 is 1.44 bits per heavy atom. The summed E-state index contributed by atoms with van der Waals surface area (Å²) >= 11 is 6.64. The quantitative estimate of drug-likeness (QED) is 0.0846. The van der Waals surface area contributed by atoms with E-state index in [1.54, 1.807) is 60.4 Å². The number of thioether (sulfide) groups is 2. The highest BCUT2D eigenvalue weighted by Crippen LogP contribution is 2.26. The predicted molar refractivity (Wildman–Crippen MR) is 233 cm³/mol. The Morgan fingerprint density at radius 1 is 0.596 bits per heavy atom. The maximum Gasteiger partial charge on any atom is 0.271 e. The van der Waals surface area contributed by atoms with Gasteiger partial charge in [-0.15, -0.1) is 23.5 Å². The molecular weight excluding hydrogens is 825 g/mol. The number of nitrogens with one attached hydrogen (secondary N) is 3. The predicted octanol–water partition coefficient (Wildman–Crippen LogP) is 6.67. The van der Waals surface area contributed by atoms with E-state index in [4.69, 9.17) is 5.73 Å². The van der Waals surface area contributed by atoms with Gasteiger partial charge in [0.25, 0.3) is 11.1 Å². The topological polar surface area (TPSA) is 183 Å². The van der Waals surface area contributed by atoms with Crippen molar-refractivity contribution in [2.75, 3.05) is 28.5 Å². The second-order valence-electron chi connectivity index (χ2n) is 13.4. The lowest BCUT2D eigenvalue weighted by molar-refractivity contribution is 0.686. The first kappa shape index (κ1) is 41.5. The van der Waals surface area contributed by atoms with Gasteiger partial charge in [-0.1, -0.05) is 0 Å². The number of hydrogen-bond acceptors (Lipinski definition) is 14. The molecule has 0 radical (unpaired) electrons. The Bertz CT molecular complexity index is 2260. The molecule has 296 valence electrons. The molecule has 0 bridgehead atoms. The number of anilines is 3. The second-order valence-corrected chi connectivity index (χ2v) is 15.9. The third kappa shape index (κ3) is 12.4. The van der Waals surface area contributed by atoms with E-state index in [-0.39, 0.29) is 11.1 Å². The number of nitrogens with two attached hydrogens (primary N) is 1. The van der Waals surface area contributed by atoms with Gasteiger partial charge in [0.15, 0.2) is 0 Å². The first-order valence-corrected chi connectivity index (χ1v) is 21.7. The third-order valence-electron chi connectivity index (χ3n) is 9.29. The molecule has 4 atom stereocenters. The van der Waals surface area contributed by atoms with E-state index < -0.39 is 0 Å². The molecule has 2 aliphatic rings. The van der Waals surface area contributed by atoms with Gasteiger partial charge in [-0.05, 0) is 128 Å². The van der Waals surface area contributed by atoms with Gasteiger partial charge in [-0.3, -0.25) is 9.59 Å². The summed E-state index contributed by atoms with van der Waals surface area (Å²) in [5, 5.41) is 18.5. The molecule has 8 rings (SSSR count). The van der Waals surface area contributed by atoms with E-state index in [1.807, 2.05) is 67.4 Å². The first-order valence-electron chi connectivity index (χ1n) is 18.5. The molecule has 6 heterocycles. The molecule has 0 spiro atoms. The summed E-state index contributed by atoms with van der Waals surface area (Å²) in [6, 6.07) is 23.2. The molecule has 2 saturated carbocycles. The average Bonchev–Trinajstić information content (AvgIpc) is 3.87. The molecule has 0 unspecified atom stereocenters. The van der Waals surface area contributed by atoms with Crippen molar-refractivity contribution in [3.05, 3.63) is 135 Å². The summed E-state index contributed by atoms with van der Waals surface area (Å²) in [5.41, 5.74) is 6.86. The molecule has 0 aliphatic heterocycles. The zero-order chi connectivity index (χ0) is 40.0. The summed E-state index contributed by atoms with van der Waals surface area (Å²) in [6.07, 6.45) is 20.6. The van der Waals surface area contributed by atoms with E-state index in [0.717, 1.165) is 60.6 Å². The Labute approximate surface area is 348 Å². The van der Waals surface area contributed by atoms with Crippen LogP contribution in [-0.4, -0.2) is 76.2 Å². The summed E-state index contributed by atoms with van der Waals surface area (Å²) in [6.45, 7) is 0. The van der Waals surface area contributed by atoms with Crippen molar-refractivity contribution in [2.24, 2.45) is 5.73 Å². The fourth-order valence-electron chi connectivity index (χ4n) is 6.39. The van der Waals surface area contributed by atoms with Gasteiger partial charge in [-0.25, -0.2) is 19.9 Å². The molecule has 6 aromatic heterocycles. The van der Waals surface area contributed by atoms with Crippen molar-refractivity contribution in [3.63, 3.8) is 0 Å². The van der Waals surface area contributed by atoms with Crippen LogP contribution in [0.5, 0.6) is 0 Å². The molecular formula is C40H45BrN12O2S2. The highest BCUT2D eigenvalue weighted by Gasteiger charge is 2.25. The number of pyridine rings is 4. The minimum atomic E-state index is -0.172. The number of aromatic nitrogens is 8. The highest BCUT2D eigenvalue weighted by molar-refractivity contribution is 9.10. The monoisotopic (exact) mass is 868 g/mol. The van der Waals surface area contributed by atoms with Crippen molar-refractivity contribution in [1.82, 2.24) is 39.5 Å². The van der Waals surface area contributed by atoms with Gasteiger partial charge in [0.1, 0.15) is 22.1 Å². The van der Waals surface area contributed by atoms with Crippen molar-refractivity contribution in [3.8, 4) is 11.4 Å². The van der Waals surface area contributed by atoms with Crippen LogP contribution in [-0.2, 0) is 0 Å². The van der Waals surface area contributed by atoms with Crippen LogP contribution in [0.3, 0.4) is 0 Å². The lowest BCUT2D eigenvalue weighted by atomic mass is 10.2. The largest absolute Gasteiger partial charge is 0.367 e. The lowest BCUT2D eigenvalue weighted by Gasteiger charge is -2.16. The van der Waals surface area contributed by atoms with Crippen molar-refractivity contribution in [1.29, 1.82) is 0 Å². The molecule has 5 N–H and O–H groups in total. The fourth-order valence-corrected chi connectivity index (χ4v) is 7.34. The molecule has 2 aliphatic carbocycles. The number of halogens is 1. The second kappa shape index (κ2) is 20.9. The maximum absolute atomic E-state index is 11.8. The van der Waals surface area contributed by atoms with Crippen LogP contribution < -0.4 is 32.8 Å². The van der Waals surface area contributed by atoms with Crippen LogP contribution in [0.25, 0.3) is 11.4 Å². The van der Waals surface area contributed by atoms with E-state index >= 15 is 0 Å². The number of rotatable bonds is 10. The fraction of sp³-hybridized carbons (Fsp3) is 0.300. The minimum Gasteiger partial charge on any atom is -0.367 e. The zero-order valence-corrected chi connectivity index (χ0v) is 34.8. The smallest absolute Gasteiger partial charge is 0.271 e. The molecule has 57 heavy (non-hydrogen) atoms. The van der Waals surface area contributed by atoms with E-state index in [9.17, 15) is 9.59 Å². The van der Waals surface area contributed by atoms with Crippen LogP contribution in [0.2, 0.25) is 0 Å². The Morgan fingerprint density at radius 2 is 1.05 bits per heavy atom. The number of nitrogens with zero attached hydrogens (tertiary/aromatic N) is 8. The zero-order valence-electron chi connectivity index (χ0n) is 31.6. The van der Waals surface area contributed by atoms with Crippen molar-refractivity contribution < 1.29 is 0 Å². The SMILES string of the molecule is CSc1ccc(Br)nc1.CSc1ccc(N[C@H]2CC[C@H](Nc3ccc(-n4ncccc4=O)cn3)C2)nc1.N[C@H]1CC[C@H](Nc2ccc(-n3ncccc3=O)cn2)C1. The van der Waals surface area contributed by atoms with Crippen LogP contribution >= 0.6 is 39.5 Å². The van der Waals surface area contributed by atoms with E-state index in [0.29, 0.717) is 35.5 Å². The molecule has 6 aromatic rings. The summed E-state index contributed by atoms with van der Waals surface area (Å²) in [7, 11) is 0. The van der Waals surface area contributed by atoms with Crippen LogP contribution in [0.4, 0.5) is 17.5 Å². The molecule has 2 fully saturated rings. The van der Waals surface area contributed by atoms with Gasteiger partial charge < -0.3 is 21.7 Å². The van der Waals surface area contributed by atoms with Gasteiger partial charge in [0, 0.05) is 70.9 Å². The molecule has 0 saturated heterocycles. The molecule has 14 nitrogen and oxygen atoms in total. The van der Waals surface area contributed by atoms with Crippen LogP contribution in [0.15, 0.2) is 134 Å². The lowest BCUT2D eigenvalue weighted by Crippen LogP contribution is -2.22. The minimum absolute atomic E-state index is 0.170. The van der Waals surface area contributed by atoms with Gasteiger partial charge in [0.05, 0.1) is 23.8 Å². The summed E-state index contributed by atoms with van der Waals surface area (Å²) in [4.78, 5) is 43.2. The Kier molecular flexibility index (Phi) is 15.2. The Hall–Kier alpha value is -5.10. The molecule has 0 amide bonds. The summed E-state index contributed by atoms with van der Waals surface area (Å²) < 4.78 is 3.55.